The summed E-state index contributed by atoms with van der Waals surface area (Å²) < 4.78 is 7.36. The van der Waals surface area contributed by atoms with Crippen molar-refractivity contribution < 1.29 is 19.7 Å². The number of aliphatic hydroxyl groups is 2. The lowest BCUT2D eigenvalue weighted by molar-refractivity contribution is 0.0536. The number of pyridine rings is 1. The van der Waals surface area contributed by atoms with Crippen molar-refractivity contribution in [3.63, 3.8) is 0 Å². The van der Waals surface area contributed by atoms with Gasteiger partial charge >= 0.3 is 0 Å². The molecule has 3 heterocycles. The molecule has 196 valence electrons. The molecule has 1 aliphatic heterocycles. The van der Waals surface area contributed by atoms with Gasteiger partial charge < -0.3 is 19.5 Å². The van der Waals surface area contributed by atoms with Crippen molar-refractivity contribution in [1.29, 1.82) is 5.26 Å². The summed E-state index contributed by atoms with van der Waals surface area (Å²) in [6.45, 7) is -0.0988. The highest BCUT2D eigenvalue weighted by Crippen LogP contribution is 2.43. The average molecular weight is 523 g/mol. The van der Waals surface area contributed by atoms with E-state index < -0.39 is 12.7 Å². The topological polar surface area (TPSA) is 137 Å². The zero-order valence-corrected chi connectivity index (χ0v) is 21.3. The lowest BCUT2D eigenvalue weighted by Crippen LogP contribution is -2.24. The first kappa shape index (κ1) is 24.7. The molecular weight excluding hydrogens is 496 g/mol. The highest BCUT2D eigenvalue weighted by molar-refractivity contribution is 6.10. The molecule has 6 rings (SSSR count). The highest BCUT2D eigenvalue weighted by atomic mass is 16.5. The predicted molar refractivity (Wildman–Crippen MR) is 142 cm³/mol. The number of aliphatic hydroxyl groups excluding tert-OH is 2. The Labute approximate surface area is 224 Å². The molecule has 0 saturated heterocycles. The SMILES string of the molecule is Cn1cnnc1-c1cc(C#N)ccc1-c1cc(C2CC2)nc(N2Cc3ccc(OC[C@H](O)CO)cc3C2=O)c1. The number of fused-ring (bicyclic) bond motifs is 1. The molecule has 10 nitrogen and oxygen atoms in total. The molecule has 2 aromatic carbocycles. The number of hydrogen-bond acceptors (Lipinski definition) is 8. The number of benzene rings is 2. The molecule has 0 unspecified atom stereocenters. The zero-order valence-electron chi connectivity index (χ0n) is 21.3. The molecule has 1 fully saturated rings. The maximum absolute atomic E-state index is 13.6. The van der Waals surface area contributed by atoms with Crippen LogP contribution in [0.2, 0.25) is 0 Å². The maximum atomic E-state index is 13.6. The summed E-state index contributed by atoms with van der Waals surface area (Å²) in [6, 6.07) is 16.9. The molecule has 39 heavy (non-hydrogen) atoms. The number of nitrogens with zero attached hydrogens (tertiary/aromatic N) is 6. The molecule has 0 bridgehead atoms. The van der Waals surface area contributed by atoms with Crippen LogP contribution in [0.5, 0.6) is 5.75 Å². The second-order valence-corrected chi connectivity index (χ2v) is 9.91. The van der Waals surface area contributed by atoms with E-state index >= 15 is 0 Å². The summed E-state index contributed by atoms with van der Waals surface area (Å²) >= 11 is 0. The molecule has 2 aliphatic rings. The van der Waals surface area contributed by atoms with Gasteiger partial charge in [-0.2, -0.15) is 5.26 Å². The van der Waals surface area contributed by atoms with E-state index in [-0.39, 0.29) is 12.5 Å². The number of aryl methyl sites for hydroxylation is 1. The van der Waals surface area contributed by atoms with E-state index in [1.54, 1.807) is 29.4 Å². The third-order valence-corrected chi connectivity index (χ3v) is 7.05. The van der Waals surface area contributed by atoms with E-state index in [0.29, 0.717) is 41.0 Å². The number of carbonyl (C=O) groups is 1. The standard InChI is InChI=1S/C29H26N6O4/c1-34-16-31-33-28(34)25-8-17(12-30)2-7-23(25)20-9-26(18-3-4-18)32-27(10-20)35-13-19-5-6-22(11-24(19)29(35)38)39-15-21(37)14-36/h2,5-11,16,18,21,36-37H,3-4,13-15H2,1H3/t21-/m1/s1. The van der Waals surface area contributed by atoms with Gasteiger partial charge in [-0.15, -0.1) is 10.2 Å². The van der Waals surface area contributed by atoms with Gasteiger partial charge in [0.05, 0.1) is 24.8 Å². The van der Waals surface area contributed by atoms with Crippen LogP contribution in [0.3, 0.4) is 0 Å². The Balaban J connectivity index is 1.39. The number of rotatable bonds is 8. The van der Waals surface area contributed by atoms with Gasteiger partial charge in [0.2, 0.25) is 0 Å². The Bertz CT molecular complexity index is 1620. The van der Waals surface area contributed by atoms with Gasteiger partial charge in [-0.25, -0.2) is 4.98 Å². The van der Waals surface area contributed by atoms with Crippen molar-refractivity contribution in [3.8, 4) is 34.3 Å². The Morgan fingerprint density at radius 1 is 1.13 bits per heavy atom. The summed E-state index contributed by atoms with van der Waals surface area (Å²) in [5.74, 6) is 1.80. The first-order valence-corrected chi connectivity index (χ1v) is 12.7. The minimum atomic E-state index is -0.994. The number of amides is 1. The third-order valence-electron chi connectivity index (χ3n) is 7.05. The molecule has 10 heteroatoms. The van der Waals surface area contributed by atoms with E-state index in [4.69, 9.17) is 14.8 Å². The lowest BCUT2D eigenvalue weighted by atomic mass is 9.96. The van der Waals surface area contributed by atoms with Crippen LogP contribution in [-0.2, 0) is 13.6 Å². The molecule has 0 spiro atoms. The largest absolute Gasteiger partial charge is 0.491 e. The molecule has 1 atom stereocenters. The fraction of sp³-hybridized carbons (Fsp3) is 0.276. The number of aromatic nitrogens is 4. The number of carbonyl (C=O) groups excluding carboxylic acids is 1. The van der Waals surface area contributed by atoms with E-state index in [0.717, 1.165) is 40.8 Å². The third kappa shape index (κ3) is 4.74. The van der Waals surface area contributed by atoms with Gasteiger partial charge in [-0.05, 0) is 65.9 Å². The normalized spacial score (nSPS) is 15.2. The number of nitriles is 1. The molecule has 0 radical (unpaired) electrons. The zero-order chi connectivity index (χ0) is 27.1. The Kier molecular flexibility index (Phi) is 6.30. The first-order chi connectivity index (χ1) is 18.9. The van der Waals surface area contributed by atoms with Crippen molar-refractivity contribution in [1.82, 2.24) is 19.7 Å². The van der Waals surface area contributed by atoms with Gasteiger partial charge in [0.1, 0.15) is 30.6 Å². The lowest BCUT2D eigenvalue weighted by Gasteiger charge is -2.18. The van der Waals surface area contributed by atoms with Crippen LogP contribution in [0, 0.1) is 11.3 Å². The van der Waals surface area contributed by atoms with Gasteiger partial charge in [-0.1, -0.05) is 12.1 Å². The van der Waals surface area contributed by atoms with Crippen LogP contribution >= 0.6 is 0 Å². The molecular formula is C29H26N6O4. The van der Waals surface area contributed by atoms with Crippen molar-refractivity contribution in [2.75, 3.05) is 18.1 Å². The van der Waals surface area contributed by atoms with Crippen LogP contribution in [0.1, 0.15) is 45.9 Å². The minimum absolute atomic E-state index is 0.0695. The van der Waals surface area contributed by atoms with Crippen LogP contribution in [0.25, 0.3) is 22.5 Å². The predicted octanol–water partition coefficient (Wildman–Crippen LogP) is 3.19. The number of hydrogen-bond donors (Lipinski definition) is 2. The number of anilines is 1. The summed E-state index contributed by atoms with van der Waals surface area (Å²) in [5, 5.41) is 36.5. The summed E-state index contributed by atoms with van der Waals surface area (Å²) in [7, 11) is 1.86. The minimum Gasteiger partial charge on any atom is -0.491 e. The van der Waals surface area contributed by atoms with Gasteiger partial charge in [0.15, 0.2) is 5.82 Å². The monoisotopic (exact) mass is 522 g/mol. The summed E-state index contributed by atoms with van der Waals surface area (Å²) in [5.41, 5.74) is 5.35. The Morgan fingerprint density at radius 2 is 1.97 bits per heavy atom. The van der Waals surface area contributed by atoms with E-state index in [2.05, 4.69) is 22.3 Å². The molecule has 4 aromatic rings. The molecule has 1 aliphatic carbocycles. The van der Waals surface area contributed by atoms with Crippen LogP contribution in [0.15, 0.2) is 54.9 Å². The van der Waals surface area contributed by atoms with Gasteiger partial charge in [0.25, 0.3) is 5.91 Å². The molecule has 2 aromatic heterocycles. The van der Waals surface area contributed by atoms with Gasteiger partial charge in [0, 0.05) is 29.8 Å². The maximum Gasteiger partial charge on any atom is 0.260 e. The molecule has 2 N–H and O–H groups in total. The van der Waals surface area contributed by atoms with E-state index in [1.165, 1.54) is 0 Å². The van der Waals surface area contributed by atoms with E-state index in [1.807, 2.05) is 35.9 Å². The number of ether oxygens (including phenoxy) is 1. The van der Waals surface area contributed by atoms with Crippen molar-refractivity contribution in [3.05, 3.63) is 77.2 Å². The van der Waals surface area contributed by atoms with Crippen molar-refractivity contribution in [2.24, 2.45) is 7.05 Å². The quantitative estimate of drug-likeness (QED) is 0.360. The van der Waals surface area contributed by atoms with Gasteiger partial charge in [-0.3, -0.25) is 9.69 Å². The smallest absolute Gasteiger partial charge is 0.260 e. The fourth-order valence-electron chi connectivity index (χ4n) is 4.80. The van der Waals surface area contributed by atoms with Crippen LogP contribution < -0.4 is 9.64 Å². The van der Waals surface area contributed by atoms with Crippen molar-refractivity contribution >= 4 is 11.7 Å². The average Bonchev–Trinajstić information content (AvgIpc) is 3.66. The Morgan fingerprint density at radius 3 is 2.69 bits per heavy atom. The molecule has 1 amide bonds. The van der Waals surface area contributed by atoms with Crippen LogP contribution in [0.4, 0.5) is 5.82 Å². The molecule has 1 saturated carbocycles. The van der Waals surface area contributed by atoms with Crippen LogP contribution in [-0.4, -0.2) is 55.2 Å². The second-order valence-electron chi connectivity index (χ2n) is 9.91. The van der Waals surface area contributed by atoms with E-state index in [9.17, 15) is 15.2 Å². The summed E-state index contributed by atoms with van der Waals surface area (Å²) in [6.07, 6.45) is 2.72. The first-order valence-electron chi connectivity index (χ1n) is 12.7. The van der Waals surface area contributed by atoms with Crippen molar-refractivity contribution in [2.45, 2.75) is 31.4 Å². The highest BCUT2D eigenvalue weighted by Gasteiger charge is 2.32. The second kappa shape index (κ2) is 9.94. The summed E-state index contributed by atoms with van der Waals surface area (Å²) in [4.78, 5) is 20.1. The fourth-order valence-corrected chi connectivity index (χ4v) is 4.80. The Hall–Kier alpha value is -4.59.